The largest absolute Gasteiger partial charge is 0.368 e. The summed E-state index contributed by atoms with van der Waals surface area (Å²) in [6.07, 6.45) is 7.40. The number of imidazole rings is 1. The first-order valence-electron chi connectivity index (χ1n) is 9.70. The Morgan fingerprint density at radius 2 is 2.03 bits per heavy atom. The summed E-state index contributed by atoms with van der Waals surface area (Å²) in [7, 11) is 0. The molecule has 1 aliphatic rings. The molecule has 0 radical (unpaired) electrons. The van der Waals surface area contributed by atoms with Gasteiger partial charge in [0.05, 0.1) is 22.6 Å². The minimum absolute atomic E-state index is 0.122. The number of aryl methyl sites for hydroxylation is 1. The van der Waals surface area contributed by atoms with Crippen molar-refractivity contribution in [1.82, 2.24) is 19.4 Å². The Morgan fingerprint density at radius 3 is 2.80 bits per heavy atom. The van der Waals surface area contributed by atoms with Crippen molar-refractivity contribution in [3.8, 4) is 0 Å². The molecule has 4 heterocycles. The fraction of sp³-hybridized carbons (Fsp3) is 0.238. The van der Waals surface area contributed by atoms with Crippen LogP contribution >= 0.6 is 0 Å². The third kappa shape index (κ3) is 3.13. The summed E-state index contributed by atoms with van der Waals surface area (Å²) in [6.45, 7) is 3.35. The zero-order chi connectivity index (χ0) is 20.8. The molecule has 0 aliphatic carbocycles. The van der Waals surface area contributed by atoms with Gasteiger partial charge in [-0.2, -0.15) is 0 Å². The molecule has 8 nitrogen and oxygen atoms in total. The smallest absolute Gasteiger partial charge is 0.257 e. The molecule has 0 unspecified atom stereocenters. The predicted molar refractivity (Wildman–Crippen MR) is 112 cm³/mol. The first-order valence-corrected chi connectivity index (χ1v) is 9.70. The van der Waals surface area contributed by atoms with E-state index >= 15 is 0 Å². The fourth-order valence-electron chi connectivity index (χ4n) is 3.93. The number of anilines is 2. The third-order valence-electron chi connectivity index (χ3n) is 5.30. The summed E-state index contributed by atoms with van der Waals surface area (Å²) < 4.78 is 15.9. The average Bonchev–Trinajstić information content (AvgIpc) is 3.32. The highest BCUT2D eigenvalue weighted by atomic mass is 19.1. The van der Waals surface area contributed by atoms with E-state index in [0.717, 1.165) is 25.2 Å². The normalized spacial score (nSPS) is 16.5. The van der Waals surface area contributed by atoms with Crippen LogP contribution in [0.25, 0.3) is 16.7 Å². The summed E-state index contributed by atoms with van der Waals surface area (Å²) in [6, 6.07) is 4.97. The van der Waals surface area contributed by atoms with Gasteiger partial charge in [-0.15, -0.1) is 0 Å². The molecule has 1 amide bonds. The fourth-order valence-corrected chi connectivity index (χ4v) is 3.93. The van der Waals surface area contributed by atoms with Crippen molar-refractivity contribution in [2.75, 3.05) is 23.3 Å². The Bertz CT molecular complexity index is 1290. The molecule has 1 saturated heterocycles. The lowest BCUT2D eigenvalue weighted by Crippen LogP contribution is -2.26. The van der Waals surface area contributed by atoms with Gasteiger partial charge in [0.1, 0.15) is 11.0 Å². The molecule has 152 valence electrons. The number of carbonyl (C=O) groups excluding carboxylic acids is 1. The van der Waals surface area contributed by atoms with Crippen LogP contribution in [0.15, 0.2) is 43.0 Å². The van der Waals surface area contributed by atoms with Crippen molar-refractivity contribution in [2.24, 2.45) is 5.73 Å². The third-order valence-corrected chi connectivity index (χ3v) is 5.30. The highest BCUT2D eigenvalue weighted by Crippen LogP contribution is 2.29. The molecular weight excluding hydrogens is 385 g/mol. The predicted octanol–water partition coefficient (Wildman–Crippen LogP) is 2.51. The minimum atomic E-state index is -0.508. The van der Waals surface area contributed by atoms with E-state index in [2.05, 4.69) is 25.2 Å². The number of nitrogens with two attached hydrogens (primary N) is 1. The lowest BCUT2D eigenvalue weighted by Gasteiger charge is -2.20. The minimum Gasteiger partial charge on any atom is -0.368 e. The maximum atomic E-state index is 14.4. The summed E-state index contributed by atoms with van der Waals surface area (Å²) in [5, 5.41) is 2.76. The lowest BCUT2D eigenvalue weighted by molar-refractivity contribution is 0.102. The van der Waals surface area contributed by atoms with Crippen LogP contribution in [-0.4, -0.2) is 44.4 Å². The van der Waals surface area contributed by atoms with Gasteiger partial charge in [-0.25, -0.2) is 9.37 Å². The van der Waals surface area contributed by atoms with Crippen LogP contribution in [-0.2, 0) is 0 Å². The molecule has 4 aromatic rings. The van der Waals surface area contributed by atoms with Crippen molar-refractivity contribution in [3.05, 3.63) is 60.1 Å². The zero-order valence-electron chi connectivity index (χ0n) is 16.3. The molecule has 0 saturated carbocycles. The highest BCUT2D eigenvalue weighted by molar-refractivity contribution is 6.13. The van der Waals surface area contributed by atoms with E-state index < -0.39 is 5.82 Å². The first kappa shape index (κ1) is 18.4. The summed E-state index contributed by atoms with van der Waals surface area (Å²) in [4.78, 5) is 28.2. The van der Waals surface area contributed by atoms with Crippen LogP contribution in [0.5, 0.6) is 0 Å². The molecule has 3 N–H and O–H groups in total. The second kappa shape index (κ2) is 7.03. The van der Waals surface area contributed by atoms with Gasteiger partial charge in [0.15, 0.2) is 11.5 Å². The quantitative estimate of drug-likeness (QED) is 0.543. The van der Waals surface area contributed by atoms with Gasteiger partial charge in [0, 0.05) is 50.0 Å². The molecule has 1 atom stereocenters. The second-order valence-electron chi connectivity index (χ2n) is 7.52. The van der Waals surface area contributed by atoms with Gasteiger partial charge >= 0.3 is 0 Å². The molecule has 30 heavy (non-hydrogen) atoms. The number of carbonyl (C=O) groups is 1. The van der Waals surface area contributed by atoms with Crippen LogP contribution in [0.3, 0.4) is 0 Å². The number of nitrogens with one attached hydrogen (secondary N) is 1. The number of pyridine rings is 1. The Morgan fingerprint density at radius 1 is 1.23 bits per heavy atom. The van der Waals surface area contributed by atoms with Gasteiger partial charge < -0.3 is 20.4 Å². The monoisotopic (exact) mass is 405 g/mol. The van der Waals surface area contributed by atoms with Crippen LogP contribution in [0, 0.1) is 12.7 Å². The Hall–Kier alpha value is -3.59. The maximum Gasteiger partial charge on any atom is 0.257 e. The molecule has 0 bridgehead atoms. The zero-order valence-corrected chi connectivity index (χ0v) is 16.3. The summed E-state index contributed by atoms with van der Waals surface area (Å²) >= 11 is 0. The number of rotatable bonds is 3. The maximum absolute atomic E-state index is 14.4. The van der Waals surface area contributed by atoms with Crippen molar-refractivity contribution in [2.45, 2.75) is 19.4 Å². The van der Waals surface area contributed by atoms with E-state index in [4.69, 9.17) is 5.73 Å². The first-order chi connectivity index (χ1) is 14.5. The van der Waals surface area contributed by atoms with Gasteiger partial charge in [-0.3, -0.25) is 14.8 Å². The Kier molecular flexibility index (Phi) is 4.32. The average molecular weight is 405 g/mol. The molecule has 3 aromatic heterocycles. The number of amides is 1. The summed E-state index contributed by atoms with van der Waals surface area (Å²) in [5.41, 5.74) is 9.69. The van der Waals surface area contributed by atoms with Crippen molar-refractivity contribution < 1.29 is 9.18 Å². The van der Waals surface area contributed by atoms with E-state index in [1.165, 1.54) is 6.07 Å². The van der Waals surface area contributed by atoms with Gasteiger partial charge in [-0.05, 0) is 25.5 Å². The molecule has 0 spiro atoms. The number of aromatic nitrogens is 4. The molecule has 5 rings (SSSR count). The second-order valence-corrected chi connectivity index (χ2v) is 7.52. The number of nitrogens with zero attached hydrogens (tertiary/aromatic N) is 5. The van der Waals surface area contributed by atoms with Gasteiger partial charge in [0.25, 0.3) is 5.91 Å². The standard InChI is InChI=1S/C21H20FN7O/c1-12-9-29-11-14(8-16(22)20(29)26-12)27-21(30)15-2-3-17(28-7-4-13(23)10-28)19-18(15)24-5-6-25-19/h2-3,5-6,8-9,11,13H,4,7,10,23H2,1H3,(H,27,30)/t13-/m1/s1. The number of hydrogen-bond acceptors (Lipinski definition) is 6. The number of halogens is 1. The van der Waals surface area contributed by atoms with Crippen molar-refractivity contribution in [3.63, 3.8) is 0 Å². The van der Waals surface area contributed by atoms with Gasteiger partial charge in [0.2, 0.25) is 0 Å². The van der Waals surface area contributed by atoms with E-state index in [0.29, 0.717) is 28.0 Å². The molecule has 9 heteroatoms. The van der Waals surface area contributed by atoms with Crippen molar-refractivity contribution in [1.29, 1.82) is 0 Å². The molecule has 1 aromatic carbocycles. The SMILES string of the molecule is Cc1cn2cc(NC(=O)c3ccc(N4CC[C@@H](N)C4)c4nccnc34)cc(F)c2n1. The van der Waals surface area contributed by atoms with Crippen LogP contribution in [0.4, 0.5) is 15.8 Å². The molecular formula is C21H20FN7O. The summed E-state index contributed by atoms with van der Waals surface area (Å²) in [5.74, 6) is -0.896. The molecule has 1 fully saturated rings. The van der Waals surface area contributed by atoms with Gasteiger partial charge in [-0.1, -0.05) is 0 Å². The number of hydrogen-bond donors (Lipinski definition) is 2. The van der Waals surface area contributed by atoms with Crippen LogP contribution < -0.4 is 16.0 Å². The van der Waals surface area contributed by atoms with Crippen molar-refractivity contribution >= 4 is 34.0 Å². The van der Waals surface area contributed by atoms with E-state index in [1.54, 1.807) is 42.2 Å². The highest BCUT2D eigenvalue weighted by Gasteiger charge is 2.23. The van der Waals surface area contributed by atoms with Crippen LogP contribution in [0.1, 0.15) is 22.5 Å². The number of benzene rings is 1. The Balaban J connectivity index is 1.51. The van der Waals surface area contributed by atoms with E-state index in [1.807, 2.05) is 6.07 Å². The molecule has 1 aliphatic heterocycles. The van der Waals surface area contributed by atoms with E-state index in [-0.39, 0.29) is 17.6 Å². The Labute approximate surface area is 171 Å². The topological polar surface area (TPSA) is 101 Å². The lowest BCUT2D eigenvalue weighted by atomic mass is 10.1. The van der Waals surface area contributed by atoms with Crippen LogP contribution in [0.2, 0.25) is 0 Å². The van der Waals surface area contributed by atoms with E-state index in [9.17, 15) is 9.18 Å². The number of fused-ring (bicyclic) bond motifs is 2.